The number of hydrogen-bond acceptors (Lipinski definition) is 6. The van der Waals surface area contributed by atoms with Crippen molar-refractivity contribution in [2.75, 3.05) is 20.2 Å². The van der Waals surface area contributed by atoms with Crippen molar-refractivity contribution in [3.8, 4) is 28.4 Å². The maximum atomic E-state index is 12.5. The molecule has 0 atom stereocenters. The second-order valence-electron chi connectivity index (χ2n) is 5.94. The van der Waals surface area contributed by atoms with Crippen LogP contribution in [0.1, 0.15) is 0 Å². The molecule has 0 aliphatic rings. The zero-order chi connectivity index (χ0) is 18.6. The fourth-order valence-electron chi connectivity index (χ4n) is 2.78. The normalized spacial score (nSPS) is 11.0. The molecule has 3 aromatic heterocycles. The lowest BCUT2D eigenvalue weighted by molar-refractivity contribution is 0.318. The minimum atomic E-state index is -0.154. The molecule has 27 heavy (non-hydrogen) atoms. The molecule has 0 saturated heterocycles. The lowest BCUT2D eigenvalue weighted by Gasteiger charge is -2.07. The van der Waals surface area contributed by atoms with Crippen LogP contribution in [0.2, 0.25) is 0 Å². The number of rotatable bonds is 6. The van der Waals surface area contributed by atoms with E-state index in [0.29, 0.717) is 28.3 Å². The number of nitrogens with one attached hydrogen (secondary N) is 2. The third-order valence-electron chi connectivity index (χ3n) is 4.10. The Hall–Kier alpha value is -3.03. The number of H-pyrrole nitrogens is 1. The number of benzene rings is 1. The molecule has 0 aliphatic carbocycles. The molecular weight excluding hydrogens is 360 g/mol. The number of hydrogen-bond donors (Lipinski definition) is 2. The van der Waals surface area contributed by atoms with E-state index in [-0.39, 0.29) is 5.56 Å². The molecule has 6 nitrogen and oxygen atoms in total. The number of ether oxygens (including phenoxy) is 1. The largest absolute Gasteiger partial charge is 0.492 e. The molecule has 4 rings (SSSR count). The number of thiophene rings is 1. The molecule has 4 aromatic rings. The maximum absolute atomic E-state index is 12.5. The van der Waals surface area contributed by atoms with Crippen LogP contribution in [0.4, 0.5) is 0 Å². The minimum Gasteiger partial charge on any atom is -0.492 e. The van der Waals surface area contributed by atoms with E-state index in [2.05, 4.69) is 20.3 Å². The molecule has 0 spiro atoms. The van der Waals surface area contributed by atoms with Crippen molar-refractivity contribution in [2.24, 2.45) is 0 Å². The van der Waals surface area contributed by atoms with E-state index < -0.39 is 0 Å². The number of likely N-dealkylation sites (N-methyl/N-ethyl adjacent to an activating group) is 1. The Balaban J connectivity index is 1.78. The van der Waals surface area contributed by atoms with Crippen molar-refractivity contribution in [1.29, 1.82) is 0 Å². The quantitative estimate of drug-likeness (QED) is 0.503. The van der Waals surface area contributed by atoms with Crippen LogP contribution in [0.5, 0.6) is 5.75 Å². The Morgan fingerprint density at radius 2 is 2.15 bits per heavy atom. The first kappa shape index (κ1) is 17.4. The van der Waals surface area contributed by atoms with Gasteiger partial charge in [0.15, 0.2) is 5.82 Å². The van der Waals surface area contributed by atoms with Crippen LogP contribution < -0.4 is 15.6 Å². The van der Waals surface area contributed by atoms with E-state index in [4.69, 9.17) is 4.74 Å². The molecule has 2 N–H and O–H groups in total. The van der Waals surface area contributed by atoms with Gasteiger partial charge in [-0.15, -0.1) is 11.3 Å². The summed E-state index contributed by atoms with van der Waals surface area (Å²) >= 11 is 1.39. The van der Waals surface area contributed by atoms with E-state index in [1.54, 1.807) is 6.20 Å². The third-order valence-corrected chi connectivity index (χ3v) is 5.07. The molecule has 0 amide bonds. The fourth-order valence-corrected chi connectivity index (χ4v) is 3.69. The highest BCUT2D eigenvalue weighted by Gasteiger charge is 2.14. The molecule has 1 aromatic carbocycles. The summed E-state index contributed by atoms with van der Waals surface area (Å²) < 4.78 is 6.36. The first-order valence-electron chi connectivity index (χ1n) is 8.57. The lowest BCUT2D eigenvalue weighted by Crippen LogP contribution is -2.15. The average Bonchev–Trinajstić information content (AvgIpc) is 3.14. The minimum absolute atomic E-state index is 0.154. The maximum Gasteiger partial charge on any atom is 0.269 e. The van der Waals surface area contributed by atoms with Gasteiger partial charge in [-0.05, 0) is 36.9 Å². The van der Waals surface area contributed by atoms with Crippen molar-refractivity contribution in [3.63, 3.8) is 0 Å². The van der Waals surface area contributed by atoms with Crippen molar-refractivity contribution in [2.45, 2.75) is 0 Å². The second-order valence-corrected chi connectivity index (χ2v) is 6.82. The number of aromatic amines is 1. The fraction of sp³-hybridized carbons (Fsp3) is 0.150. The van der Waals surface area contributed by atoms with E-state index >= 15 is 0 Å². The van der Waals surface area contributed by atoms with Crippen molar-refractivity contribution in [1.82, 2.24) is 20.3 Å². The van der Waals surface area contributed by atoms with Crippen LogP contribution in [-0.4, -0.2) is 35.2 Å². The van der Waals surface area contributed by atoms with Crippen LogP contribution in [0, 0.1) is 0 Å². The van der Waals surface area contributed by atoms with Gasteiger partial charge in [-0.25, -0.2) is 4.98 Å². The van der Waals surface area contributed by atoms with Crippen molar-refractivity contribution < 1.29 is 4.74 Å². The SMILES string of the molecule is CNCCOc1cccc(-c2csc3c(=O)[nH]c(-c4ccccn4)nc23)c1. The molecule has 3 heterocycles. The van der Waals surface area contributed by atoms with E-state index in [1.807, 2.05) is 54.9 Å². The zero-order valence-electron chi connectivity index (χ0n) is 14.7. The number of pyridine rings is 1. The summed E-state index contributed by atoms with van der Waals surface area (Å²) in [5.74, 6) is 1.26. The summed E-state index contributed by atoms with van der Waals surface area (Å²) in [6, 6.07) is 13.4. The highest BCUT2D eigenvalue weighted by molar-refractivity contribution is 7.17. The van der Waals surface area contributed by atoms with Crippen LogP contribution in [0.15, 0.2) is 58.8 Å². The van der Waals surface area contributed by atoms with Gasteiger partial charge in [-0.3, -0.25) is 9.78 Å². The van der Waals surface area contributed by atoms with Gasteiger partial charge in [0.25, 0.3) is 5.56 Å². The first-order chi connectivity index (χ1) is 13.3. The van der Waals surface area contributed by atoms with E-state index in [9.17, 15) is 4.79 Å². The molecule has 0 saturated carbocycles. The monoisotopic (exact) mass is 378 g/mol. The Kier molecular flexibility index (Phi) is 4.95. The summed E-state index contributed by atoms with van der Waals surface area (Å²) in [4.78, 5) is 24.3. The molecule has 7 heteroatoms. The highest BCUT2D eigenvalue weighted by Crippen LogP contribution is 2.33. The van der Waals surface area contributed by atoms with Crippen LogP contribution in [0.3, 0.4) is 0 Å². The van der Waals surface area contributed by atoms with Crippen molar-refractivity contribution in [3.05, 3.63) is 64.4 Å². The molecule has 136 valence electrons. The average molecular weight is 378 g/mol. The van der Waals surface area contributed by atoms with Gasteiger partial charge in [0.2, 0.25) is 0 Å². The second kappa shape index (κ2) is 7.69. The summed E-state index contributed by atoms with van der Waals surface area (Å²) in [5, 5.41) is 5.02. The van der Waals surface area contributed by atoms with E-state index in [1.165, 1.54) is 11.3 Å². The number of fused-ring (bicyclic) bond motifs is 1. The third kappa shape index (κ3) is 3.60. The lowest BCUT2D eigenvalue weighted by atomic mass is 10.1. The predicted molar refractivity (Wildman–Crippen MR) is 108 cm³/mol. The summed E-state index contributed by atoms with van der Waals surface area (Å²) in [6.45, 7) is 1.36. The van der Waals surface area contributed by atoms with Gasteiger partial charge in [0.1, 0.15) is 22.8 Å². The molecule has 0 aliphatic heterocycles. The van der Waals surface area contributed by atoms with Gasteiger partial charge in [-0.1, -0.05) is 18.2 Å². The van der Waals surface area contributed by atoms with Gasteiger partial charge >= 0.3 is 0 Å². The standard InChI is InChI=1S/C20H18N4O2S/c1-21-9-10-26-14-6-4-5-13(11-14)15-12-27-18-17(15)23-19(24-20(18)25)16-7-2-3-8-22-16/h2-8,11-12,21H,9-10H2,1H3,(H,23,24,25). The molecule has 0 fully saturated rings. The van der Waals surface area contributed by atoms with Gasteiger partial charge < -0.3 is 15.0 Å². The van der Waals surface area contributed by atoms with E-state index in [0.717, 1.165) is 23.4 Å². The predicted octanol–water partition coefficient (Wildman–Crippen LogP) is 3.31. The van der Waals surface area contributed by atoms with Gasteiger partial charge in [0.05, 0.1) is 5.52 Å². The van der Waals surface area contributed by atoms with Crippen molar-refractivity contribution >= 4 is 21.6 Å². The van der Waals surface area contributed by atoms with Gasteiger partial charge in [0, 0.05) is 23.7 Å². The van der Waals surface area contributed by atoms with Crippen LogP contribution in [0.25, 0.3) is 32.9 Å². The Bertz CT molecular complexity index is 1120. The Labute approximate surface area is 159 Å². The topological polar surface area (TPSA) is 79.9 Å². The molecule has 0 unspecified atom stereocenters. The summed E-state index contributed by atoms with van der Waals surface area (Å²) in [6.07, 6.45) is 1.68. The molecule has 0 bridgehead atoms. The smallest absolute Gasteiger partial charge is 0.269 e. The van der Waals surface area contributed by atoms with Crippen LogP contribution in [-0.2, 0) is 0 Å². The highest BCUT2D eigenvalue weighted by atomic mass is 32.1. The molecular formula is C20H18N4O2S. The van der Waals surface area contributed by atoms with Crippen LogP contribution >= 0.6 is 11.3 Å². The summed E-state index contributed by atoms with van der Waals surface area (Å²) in [7, 11) is 1.89. The number of aromatic nitrogens is 3. The zero-order valence-corrected chi connectivity index (χ0v) is 15.5. The summed E-state index contributed by atoms with van der Waals surface area (Å²) in [5.41, 5.74) is 3.04. The Morgan fingerprint density at radius 3 is 2.96 bits per heavy atom. The molecule has 0 radical (unpaired) electrons. The number of nitrogens with zero attached hydrogens (tertiary/aromatic N) is 2. The Morgan fingerprint density at radius 1 is 1.22 bits per heavy atom. The van der Waals surface area contributed by atoms with Gasteiger partial charge in [-0.2, -0.15) is 0 Å². The first-order valence-corrected chi connectivity index (χ1v) is 9.45.